The predicted molar refractivity (Wildman–Crippen MR) is 135 cm³/mol. The molecule has 1 aromatic heterocycles. The number of halogens is 1. The van der Waals surface area contributed by atoms with Crippen LogP contribution >= 0.6 is 22.9 Å². The molecule has 0 aliphatic heterocycles. The van der Waals surface area contributed by atoms with E-state index in [0.717, 1.165) is 16.9 Å². The molecule has 3 rings (SSSR count). The summed E-state index contributed by atoms with van der Waals surface area (Å²) in [6.45, 7) is 3.58. The van der Waals surface area contributed by atoms with Crippen LogP contribution in [0, 0.1) is 6.92 Å². The lowest BCUT2D eigenvalue weighted by Gasteiger charge is -2.06. The second-order valence-corrected chi connectivity index (χ2v) is 8.81. The van der Waals surface area contributed by atoms with Gasteiger partial charge in [-0.1, -0.05) is 23.7 Å². The number of thiophene rings is 1. The Balaban J connectivity index is 1.80. The Morgan fingerprint density at radius 3 is 2.20 bits per heavy atom. The van der Waals surface area contributed by atoms with Crippen molar-refractivity contribution < 1.29 is 28.7 Å². The molecule has 0 aliphatic carbocycles. The van der Waals surface area contributed by atoms with Crippen molar-refractivity contribution in [3.63, 3.8) is 0 Å². The highest BCUT2D eigenvalue weighted by Gasteiger charge is 2.26. The lowest BCUT2D eigenvalue weighted by Crippen LogP contribution is -2.16. The molecule has 35 heavy (non-hydrogen) atoms. The predicted octanol–water partition coefficient (Wildman–Crippen LogP) is 5.11. The Kier molecular flexibility index (Phi) is 8.62. The minimum atomic E-state index is -0.668. The summed E-state index contributed by atoms with van der Waals surface area (Å²) in [6.07, 6.45) is 0.0586. The molecule has 0 saturated carbocycles. The largest absolute Gasteiger partial charge is 0.465 e. The summed E-state index contributed by atoms with van der Waals surface area (Å²) < 4.78 is 9.81. The van der Waals surface area contributed by atoms with Gasteiger partial charge in [0.15, 0.2) is 0 Å². The summed E-state index contributed by atoms with van der Waals surface area (Å²) in [5.74, 6) is -1.96. The number of amides is 2. The third-order valence-electron chi connectivity index (χ3n) is 4.93. The molecule has 1 heterocycles. The van der Waals surface area contributed by atoms with Gasteiger partial charge in [0.2, 0.25) is 5.91 Å². The van der Waals surface area contributed by atoms with Gasteiger partial charge < -0.3 is 20.1 Å². The molecule has 10 heteroatoms. The van der Waals surface area contributed by atoms with Gasteiger partial charge >= 0.3 is 11.9 Å². The zero-order valence-corrected chi connectivity index (χ0v) is 20.8. The molecule has 8 nitrogen and oxygen atoms in total. The first-order valence-corrected chi connectivity index (χ1v) is 11.8. The average molecular weight is 515 g/mol. The Labute approximate surface area is 211 Å². The number of nitrogens with one attached hydrogen (secondary N) is 2. The highest BCUT2D eigenvalue weighted by molar-refractivity contribution is 7.19. The van der Waals surface area contributed by atoms with Gasteiger partial charge in [-0.25, -0.2) is 9.59 Å². The molecule has 0 spiro atoms. The molecule has 0 fully saturated rings. The summed E-state index contributed by atoms with van der Waals surface area (Å²) in [6, 6.07) is 13.0. The van der Waals surface area contributed by atoms with Crippen LogP contribution in [-0.2, 0) is 20.7 Å². The zero-order valence-electron chi connectivity index (χ0n) is 19.3. The molecule has 0 aliphatic rings. The van der Waals surface area contributed by atoms with Gasteiger partial charge in [-0.3, -0.25) is 9.59 Å². The molecule has 0 bridgehead atoms. The van der Waals surface area contributed by atoms with Gasteiger partial charge in [0.1, 0.15) is 5.00 Å². The summed E-state index contributed by atoms with van der Waals surface area (Å²) in [5.41, 5.74) is 2.04. The van der Waals surface area contributed by atoms with Crippen LogP contribution in [0.5, 0.6) is 0 Å². The lowest BCUT2D eigenvalue weighted by atomic mass is 10.1. The van der Waals surface area contributed by atoms with E-state index in [0.29, 0.717) is 21.8 Å². The van der Waals surface area contributed by atoms with Crippen molar-refractivity contribution in [3.8, 4) is 0 Å². The number of carbonyl (C=O) groups excluding carboxylic acids is 4. The molecular weight excluding hydrogens is 492 g/mol. The first-order chi connectivity index (χ1) is 16.7. The van der Waals surface area contributed by atoms with Crippen molar-refractivity contribution >= 4 is 57.4 Å². The number of rotatable bonds is 8. The SMILES string of the molecule is CCOC(=O)c1ccc(NC(=O)c2sc(NC(=O)Cc3ccc(Cl)cc3)c(C(=O)OC)c2C)cc1. The van der Waals surface area contributed by atoms with Gasteiger partial charge in [0, 0.05) is 10.7 Å². The van der Waals surface area contributed by atoms with Crippen molar-refractivity contribution in [2.24, 2.45) is 0 Å². The minimum absolute atomic E-state index is 0.0586. The number of hydrogen-bond acceptors (Lipinski definition) is 7. The number of benzene rings is 2. The van der Waals surface area contributed by atoms with Gasteiger partial charge in [0.05, 0.1) is 36.1 Å². The number of anilines is 2. The maximum Gasteiger partial charge on any atom is 0.341 e. The Morgan fingerprint density at radius 1 is 0.943 bits per heavy atom. The number of ether oxygens (including phenoxy) is 2. The fourth-order valence-corrected chi connectivity index (χ4v) is 4.45. The third kappa shape index (κ3) is 6.46. The quantitative estimate of drug-likeness (QED) is 0.404. The van der Waals surface area contributed by atoms with Crippen molar-refractivity contribution in [2.45, 2.75) is 20.3 Å². The average Bonchev–Trinajstić information content (AvgIpc) is 3.16. The molecule has 0 unspecified atom stereocenters. The van der Waals surface area contributed by atoms with Gasteiger partial charge in [-0.2, -0.15) is 0 Å². The summed E-state index contributed by atoms with van der Waals surface area (Å²) in [7, 11) is 1.23. The highest BCUT2D eigenvalue weighted by Crippen LogP contribution is 2.34. The van der Waals surface area contributed by atoms with E-state index < -0.39 is 17.8 Å². The normalized spacial score (nSPS) is 10.4. The van der Waals surface area contributed by atoms with E-state index in [1.54, 1.807) is 50.2 Å². The highest BCUT2D eigenvalue weighted by atomic mass is 35.5. The van der Waals surface area contributed by atoms with Crippen molar-refractivity contribution in [3.05, 3.63) is 80.7 Å². The van der Waals surface area contributed by atoms with E-state index >= 15 is 0 Å². The summed E-state index contributed by atoms with van der Waals surface area (Å²) >= 11 is 6.86. The maximum absolute atomic E-state index is 13.0. The van der Waals surface area contributed by atoms with E-state index in [1.807, 2.05) is 0 Å². The van der Waals surface area contributed by atoms with Crippen LogP contribution in [0.3, 0.4) is 0 Å². The Hall–Kier alpha value is -3.69. The smallest absolute Gasteiger partial charge is 0.341 e. The second-order valence-electron chi connectivity index (χ2n) is 7.36. The molecule has 0 saturated heterocycles. The van der Waals surface area contributed by atoms with Crippen molar-refractivity contribution in [1.82, 2.24) is 0 Å². The third-order valence-corrected chi connectivity index (χ3v) is 6.39. The van der Waals surface area contributed by atoms with Gasteiger partial charge in [-0.05, 0) is 61.4 Å². The van der Waals surface area contributed by atoms with Crippen LogP contribution in [-0.4, -0.2) is 37.5 Å². The standard InChI is InChI=1S/C25H23ClN2O6S/c1-4-34-24(31)16-7-11-18(12-8-16)27-22(30)21-14(2)20(25(32)33-3)23(35-21)28-19(29)13-15-5-9-17(26)10-6-15/h5-12H,4,13H2,1-3H3,(H,27,30)(H,28,29). The molecule has 182 valence electrons. The van der Waals surface area contributed by atoms with Crippen LogP contribution in [0.1, 0.15) is 48.4 Å². The van der Waals surface area contributed by atoms with Crippen molar-refractivity contribution in [2.75, 3.05) is 24.4 Å². The number of methoxy groups -OCH3 is 1. The molecule has 3 aromatic rings. The Morgan fingerprint density at radius 2 is 1.60 bits per heavy atom. The van der Waals surface area contributed by atoms with Gasteiger partial charge in [-0.15, -0.1) is 11.3 Å². The van der Waals surface area contributed by atoms with E-state index in [4.69, 9.17) is 21.1 Å². The van der Waals surface area contributed by atoms with E-state index in [9.17, 15) is 19.2 Å². The van der Waals surface area contributed by atoms with Crippen LogP contribution in [0.25, 0.3) is 0 Å². The molecule has 2 aromatic carbocycles. The summed E-state index contributed by atoms with van der Waals surface area (Å²) in [4.78, 5) is 50.1. The zero-order chi connectivity index (χ0) is 25.5. The molecule has 0 atom stereocenters. The van der Waals surface area contributed by atoms with Gasteiger partial charge in [0.25, 0.3) is 5.91 Å². The van der Waals surface area contributed by atoms with E-state index in [2.05, 4.69) is 10.6 Å². The van der Waals surface area contributed by atoms with Crippen LogP contribution in [0.15, 0.2) is 48.5 Å². The van der Waals surface area contributed by atoms with Crippen LogP contribution in [0.2, 0.25) is 5.02 Å². The number of hydrogen-bond donors (Lipinski definition) is 2. The molecule has 2 amide bonds. The minimum Gasteiger partial charge on any atom is -0.465 e. The van der Waals surface area contributed by atoms with E-state index in [-0.39, 0.29) is 34.4 Å². The van der Waals surface area contributed by atoms with Crippen molar-refractivity contribution in [1.29, 1.82) is 0 Å². The van der Waals surface area contributed by atoms with Crippen LogP contribution in [0.4, 0.5) is 10.7 Å². The monoisotopic (exact) mass is 514 g/mol. The topological polar surface area (TPSA) is 111 Å². The first-order valence-electron chi connectivity index (χ1n) is 10.6. The first kappa shape index (κ1) is 25.9. The number of esters is 2. The fraction of sp³-hybridized carbons (Fsp3) is 0.200. The Bertz CT molecular complexity index is 1250. The lowest BCUT2D eigenvalue weighted by molar-refractivity contribution is -0.115. The fourth-order valence-electron chi connectivity index (χ4n) is 3.22. The van der Waals surface area contributed by atoms with E-state index in [1.165, 1.54) is 19.2 Å². The van der Waals surface area contributed by atoms with Crippen LogP contribution < -0.4 is 10.6 Å². The summed E-state index contributed by atoms with van der Waals surface area (Å²) in [5, 5.41) is 6.23. The molecular formula is C25H23ClN2O6S. The molecule has 0 radical (unpaired) electrons. The number of carbonyl (C=O) groups is 4. The maximum atomic E-state index is 13.0. The molecule has 2 N–H and O–H groups in total. The second kappa shape index (κ2) is 11.6.